The number of amides is 1. The highest BCUT2D eigenvalue weighted by molar-refractivity contribution is 7.91. The molecule has 2 aliphatic rings. The summed E-state index contributed by atoms with van der Waals surface area (Å²) in [6.07, 6.45) is 0.476. The highest BCUT2D eigenvalue weighted by Gasteiger charge is 2.48. The minimum Gasteiger partial charge on any atom is -0.383 e. The number of sulfone groups is 1. The first-order valence-corrected chi connectivity index (χ1v) is 8.96. The Morgan fingerprint density at radius 3 is 2.71 bits per heavy atom. The van der Waals surface area contributed by atoms with Crippen LogP contribution in [0, 0.1) is 5.41 Å². The van der Waals surface area contributed by atoms with Crippen LogP contribution in [0.15, 0.2) is 0 Å². The van der Waals surface area contributed by atoms with E-state index in [0.29, 0.717) is 26.2 Å². The first-order chi connectivity index (χ1) is 9.80. The molecular formula is C13H24N2O5S. The lowest BCUT2D eigenvalue weighted by molar-refractivity contribution is -0.144. The average Bonchev–Trinajstić information content (AvgIpc) is 2.94. The van der Waals surface area contributed by atoms with Gasteiger partial charge in [-0.1, -0.05) is 0 Å². The Bertz CT molecular complexity index is 495. The monoisotopic (exact) mass is 320 g/mol. The molecule has 21 heavy (non-hydrogen) atoms. The van der Waals surface area contributed by atoms with Gasteiger partial charge in [0.25, 0.3) is 0 Å². The number of methoxy groups -OCH3 is 1. The molecule has 0 aromatic heterocycles. The van der Waals surface area contributed by atoms with Gasteiger partial charge in [-0.2, -0.15) is 0 Å². The number of carbonyl (C=O) groups excluding carboxylic acids is 1. The summed E-state index contributed by atoms with van der Waals surface area (Å²) < 4.78 is 33.8. The Kier molecular flexibility index (Phi) is 4.92. The second-order valence-electron chi connectivity index (χ2n) is 6.09. The summed E-state index contributed by atoms with van der Waals surface area (Å²) in [4.78, 5) is 14.5. The van der Waals surface area contributed by atoms with Gasteiger partial charge in [0.15, 0.2) is 9.84 Å². The largest absolute Gasteiger partial charge is 0.383 e. The number of carbonyl (C=O) groups is 1. The van der Waals surface area contributed by atoms with E-state index in [9.17, 15) is 13.2 Å². The number of hydrogen-bond acceptors (Lipinski definition) is 6. The molecule has 0 radical (unpaired) electrons. The van der Waals surface area contributed by atoms with Gasteiger partial charge in [-0.05, 0) is 13.3 Å². The van der Waals surface area contributed by atoms with E-state index in [1.54, 1.807) is 18.9 Å². The van der Waals surface area contributed by atoms with Gasteiger partial charge < -0.3 is 20.1 Å². The van der Waals surface area contributed by atoms with Gasteiger partial charge in [-0.3, -0.25) is 4.79 Å². The SMILES string of the molecule is COCCN(C(=O)C1(C)COCC1N)C1CCS(=O)(=O)C1. The van der Waals surface area contributed by atoms with Crippen molar-refractivity contribution in [1.82, 2.24) is 4.90 Å². The maximum absolute atomic E-state index is 12.9. The van der Waals surface area contributed by atoms with Crippen LogP contribution in [0.3, 0.4) is 0 Å². The summed E-state index contributed by atoms with van der Waals surface area (Å²) in [6.45, 7) is 3.15. The van der Waals surface area contributed by atoms with E-state index in [-0.39, 0.29) is 36.1 Å². The second kappa shape index (κ2) is 6.20. The topological polar surface area (TPSA) is 98.9 Å². The number of rotatable bonds is 5. The molecule has 2 rings (SSSR count). The van der Waals surface area contributed by atoms with Crippen molar-refractivity contribution in [3.05, 3.63) is 0 Å². The van der Waals surface area contributed by atoms with Crippen molar-refractivity contribution >= 4 is 15.7 Å². The quantitative estimate of drug-likeness (QED) is 0.698. The third kappa shape index (κ3) is 3.39. The molecule has 3 unspecified atom stereocenters. The average molecular weight is 320 g/mol. The summed E-state index contributed by atoms with van der Waals surface area (Å²) in [5.41, 5.74) is 5.22. The van der Waals surface area contributed by atoms with Crippen LogP contribution in [0.1, 0.15) is 13.3 Å². The van der Waals surface area contributed by atoms with E-state index in [0.717, 1.165) is 0 Å². The van der Waals surface area contributed by atoms with E-state index in [2.05, 4.69) is 0 Å². The third-order valence-corrected chi connectivity index (χ3v) is 6.20. The standard InChI is InChI=1S/C13H24N2O5S/c1-13(9-20-7-11(13)14)12(16)15(4-5-19-2)10-3-6-21(17,18)8-10/h10-11H,3-9,14H2,1-2H3. The van der Waals surface area contributed by atoms with E-state index in [1.807, 2.05) is 0 Å². The number of ether oxygens (including phenoxy) is 2. The van der Waals surface area contributed by atoms with Crippen LogP contribution in [-0.4, -0.2) is 76.3 Å². The summed E-state index contributed by atoms with van der Waals surface area (Å²) >= 11 is 0. The van der Waals surface area contributed by atoms with E-state index < -0.39 is 15.3 Å². The highest BCUT2D eigenvalue weighted by atomic mass is 32.2. The molecule has 0 spiro atoms. The lowest BCUT2D eigenvalue weighted by atomic mass is 9.83. The molecule has 2 N–H and O–H groups in total. The fraction of sp³-hybridized carbons (Fsp3) is 0.923. The number of nitrogens with two attached hydrogens (primary N) is 1. The molecule has 7 nitrogen and oxygen atoms in total. The van der Waals surface area contributed by atoms with Crippen LogP contribution < -0.4 is 5.73 Å². The van der Waals surface area contributed by atoms with Crippen molar-refractivity contribution in [2.45, 2.75) is 25.4 Å². The molecule has 8 heteroatoms. The Balaban J connectivity index is 2.18. The summed E-state index contributed by atoms with van der Waals surface area (Å²) in [6, 6.07) is -0.657. The lowest BCUT2D eigenvalue weighted by Gasteiger charge is -2.36. The first-order valence-electron chi connectivity index (χ1n) is 7.14. The Labute approximate surface area is 125 Å². The van der Waals surface area contributed by atoms with Crippen LogP contribution in [0.25, 0.3) is 0 Å². The summed E-state index contributed by atoms with van der Waals surface area (Å²) in [5, 5.41) is 0. The van der Waals surface area contributed by atoms with Crippen LogP contribution in [0.5, 0.6) is 0 Å². The third-order valence-electron chi connectivity index (χ3n) is 4.45. The van der Waals surface area contributed by atoms with Gasteiger partial charge in [0.2, 0.25) is 5.91 Å². The zero-order chi connectivity index (χ0) is 15.7. The smallest absolute Gasteiger partial charge is 0.232 e. The van der Waals surface area contributed by atoms with Crippen LogP contribution in [-0.2, 0) is 24.1 Å². The zero-order valence-corrected chi connectivity index (χ0v) is 13.4. The molecule has 0 aromatic carbocycles. The maximum atomic E-state index is 12.9. The maximum Gasteiger partial charge on any atom is 0.232 e. The van der Waals surface area contributed by atoms with Gasteiger partial charge in [0, 0.05) is 25.7 Å². The zero-order valence-electron chi connectivity index (χ0n) is 12.6. The van der Waals surface area contributed by atoms with Crippen LogP contribution in [0.2, 0.25) is 0 Å². The Morgan fingerprint density at radius 1 is 1.52 bits per heavy atom. The normalized spacial score (nSPS) is 35.0. The minimum absolute atomic E-state index is 0.0224. The number of nitrogens with zero attached hydrogens (tertiary/aromatic N) is 1. The van der Waals surface area contributed by atoms with E-state index in [1.165, 1.54) is 0 Å². The van der Waals surface area contributed by atoms with Crippen LogP contribution in [0.4, 0.5) is 0 Å². The Morgan fingerprint density at radius 2 is 2.24 bits per heavy atom. The van der Waals surface area contributed by atoms with Crippen molar-refractivity contribution in [2.24, 2.45) is 11.1 Å². The predicted molar refractivity (Wildman–Crippen MR) is 77.5 cm³/mol. The minimum atomic E-state index is -3.05. The van der Waals surface area contributed by atoms with Gasteiger partial charge in [0.1, 0.15) is 0 Å². The molecule has 0 bridgehead atoms. The van der Waals surface area contributed by atoms with E-state index >= 15 is 0 Å². The molecule has 2 aliphatic heterocycles. The van der Waals surface area contributed by atoms with Crippen molar-refractivity contribution in [3.8, 4) is 0 Å². The summed E-state index contributed by atoms with van der Waals surface area (Å²) in [7, 11) is -1.50. The molecule has 1 amide bonds. The van der Waals surface area contributed by atoms with Crippen molar-refractivity contribution < 1.29 is 22.7 Å². The highest BCUT2D eigenvalue weighted by Crippen LogP contribution is 2.31. The van der Waals surface area contributed by atoms with Crippen molar-refractivity contribution in [1.29, 1.82) is 0 Å². The van der Waals surface area contributed by atoms with Crippen molar-refractivity contribution in [3.63, 3.8) is 0 Å². The van der Waals surface area contributed by atoms with E-state index in [4.69, 9.17) is 15.2 Å². The second-order valence-corrected chi connectivity index (χ2v) is 8.32. The van der Waals surface area contributed by atoms with Gasteiger partial charge in [-0.15, -0.1) is 0 Å². The molecular weight excluding hydrogens is 296 g/mol. The van der Waals surface area contributed by atoms with Crippen LogP contribution >= 0.6 is 0 Å². The fourth-order valence-electron chi connectivity index (χ4n) is 2.90. The molecule has 122 valence electrons. The molecule has 0 aliphatic carbocycles. The molecule has 2 saturated heterocycles. The predicted octanol–water partition coefficient (Wildman–Crippen LogP) is -0.988. The van der Waals surface area contributed by atoms with Gasteiger partial charge in [-0.25, -0.2) is 8.42 Å². The summed E-state index contributed by atoms with van der Waals surface area (Å²) in [5.74, 6) is 0.0224. The first kappa shape index (κ1) is 16.7. The fourth-order valence-corrected chi connectivity index (χ4v) is 4.63. The Hall–Kier alpha value is -0.700. The van der Waals surface area contributed by atoms with Crippen molar-refractivity contribution in [2.75, 3.05) is 45.0 Å². The van der Waals surface area contributed by atoms with Gasteiger partial charge in [0.05, 0.1) is 36.7 Å². The molecule has 3 atom stereocenters. The molecule has 0 aromatic rings. The number of hydrogen-bond donors (Lipinski definition) is 1. The molecule has 2 fully saturated rings. The van der Waals surface area contributed by atoms with Gasteiger partial charge >= 0.3 is 0 Å². The molecule has 2 heterocycles. The lowest BCUT2D eigenvalue weighted by Crippen LogP contribution is -2.55. The molecule has 0 saturated carbocycles.